The van der Waals surface area contributed by atoms with E-state index in [1.54, 1.807) is 18.2 Å². The molecule has 0 amide bonds. The van der Waals surface area contributed by atoms with Gasteiger partial charge < -0.3 is 10.3 Å². The maximum absolute atomic E-state index is 13.5. The van der Waals surface area contributed by atoms with Crippen LogP contribution in [0.4, 0.5) is 4.39 Å². The smallest absolute Gasteiger partial charge is 0.243 e. The van der Waals surface area contributed by atoms with E-state index in [0.717, 1.165) is 19.3 Å². The molecular weight excluding hydrogens is 233 g/mol. The van der Waals surface area contributed by atoms with Crippen molar-refractivity contribution in [2.45, 2.75) is 32.2 Å². The summed E-state index contributed by atoms with van der Waals surface area (Å²) in [6.07, 6.45) is 2.84. The molecule has 18 heavy (non-hydrogen) atoms. The van der Waals surface area contributed by atoms with E-state index in [2.05, 4.69) is 17.1 Å². The van der Waals surface area contributed by atoms with Gasteiger partial charge in [-0.1, -0.05) is 37.1 Å². The summed E-state index contributed by atoms with van der Waals surface area (Å²) in [6, 6.07) is 6.04. The highest BCUT2D eigenvalue weighted by Crippen LogP contribution is 2.22. The predicted molar refractivity (Wildman–Crippen MR) is 66.1 cm³/mol. The van der Waals surface area contributed by atoms with Crippen LogP contribution >= 0.6 is 0 Å². The first-order valence-electron chi connectivity index (χ1n) is 6.06. The molecule has 0 aliphatic carbocycles. The summed E-state index contributed by atoms with van der Waals surface area (Å²) in [5, 5.41) is 3.77. The number of benzene rings is 1. The number of aromatic nitrogens is 2. The zero-order valence-corrected chi connectivity index (χ0v) is 10.3. The number of halogens is 1. The summed E-state index contributed by atoms with van der Waals surface area (Å²) in [4.78, 5) is 4.15. The topological polar surface area (TPSA) is 64.9 Å². The highest BCUT2D eigenvalue weighted by molar-refractivity contribution is 5.54. The third kappa shape index (κ3) is 2.73. The Labute approximate surface area is 105 Å². The Morgan fingerprint density at radius 1 is 1.39 bits per heavy atom. The Morgan fingerprint density at radius 2 is 2.17 bits per heavy atom. The molecule has 0 saturated heterocycles. The molecule has 0 unspecified atom stereocenters. The predicted octanol–water partition coefficient (Wildman–Crippen LogP) is 3.07. The first kappa shape index (κ1) is 12.7. The highest BCUT2D eigenvalue weighted by atomic mass is 19.1. The molecule has 96 valence electrons. The van der Waals surface area contributed by atoms with Gasteiger partial charge in [0.2, 0.25) is 11.7 Å². The summed E-state index contributed by atoms with van der Waals surface area (Å²) in [5.74, 6) is 0.240. The molecule has 2 rings (SSSR count). The molecule has 2 aromatic rings. The number of nitrogens with two attached hydrogens (primary N) is 1. The number of rotatable bonds is 5. The van der Waals surface area contributed by atoms with E-state index in [0.29, 0.717) is 11.5 Å². The molecule has 1 atom stereocenters. The van der Waals surface area contributed by atoms with Crippen LogP contribution in [0.15, 0.2) is 28.8 Å². The minimum Gasteiger partial charge on any atom is -0.337 e. The fourth-order valence-corrected chi connectivity index (χ4v) is 1.69. The average Bonchev–Trinajstić information content (AvgIpc) is 2.86. The zero-order chi connectivity index (χ0) is 13.0. The van der Waals surface area contributed by atoms with Gasteiger partial charge in [-0.05, 0) is 18.6 Å². The van der Waals surface area contributed by atoms with Gasteiger partial charge in [-0.3, -0.25) is 0 Å². The molecule has 0 aliphatic rings. The summed E-state index contributed by atoms with van der Waals surface area (Å²) in [7, 11) is 0. The molecule has 4 nitrogen and oxygen atoms in total. The van der Waals surface area contributed by atoms with E-state index >= 15 is 0 Å². The molecule has 2 N–H and O–H groups in total. The van der Waals surface area contributed by atoms with Gasteiger partial charge in [0.25, 0.3) is 0 Å². The van der Waals surface area contributed by atoms with Gasteiger partial charge in [-0.25, -0.2) is 4.39 Å². The normalized spacial score (nSPS) is 12.6. The standard InChI is InChI=1S/C13H16FN3O/c1-2-3-8-11(15)13-16-12(17-18-13)9-6-4-5-7-10(9)14/h4-7,11H,2-3,8,15H2,1H3/t11-/m0/s1. The number of hydrogen-bond donors (Lipinski definition) is 1. The minimum absolute atomic E-state index is 0.245. The van der Waals surface area contributed by atoms with Gasteiger partial charge in [0.05, 0.1) is 11.6 Å². The third-order valence-electron chi connectivity index (χ3n) is 2.74. The van der Waals surface area contributed by atoms with Crippen molar-refractivity contribution in [3.8, 4) is 11.4 Å². The molecule has 1 heterocycles. The molecule has 0 spiro atoms. The van der Waals surface area contributed by atoms with Crippen molar-refractivity contribution in [1.82, 2.24) is 10.1 Å². The highest BCUT2D eigenvalue weighted by Gasteiger charge is 2.16. The Kier molecular flexibility index (Phi) is 4.04. The van der Waals surface area contributed by atoms with Gasteiger partial charge in [-0.2, -0.15) is 4.98 Å². The van der Waals surface area contributed by atoms with Crippen molar-refractivity contribution < 1.29 is 8.91 Å². The summed E-state index contributed by atoms with van der Waals surface area (Å²) >= 11 is 0. The maximum atomic E-state index is 13.5. The number of hydrogen-bond acceptors (Lipinski definition) is 4. The van der Waals surface area contributed by atoms with Crippen molar-refractivity contribution in [3.05, 3.63) is 36.0 Å². The largest absolute Gasteiger partial charge is 0.337 e. The van der Waals surface area contributed by atoms with E-state index in [9.17, 15) is 4.39 Å². The monoisotopic (exact) mass is 249 g/mol. The SMILES string of the molecule is CCCC[C@H](N)c1nc(-c2ccccc2F)no1. The van der Waals surface area contributed by atoms with Gasteiger partial charge in [0.15, 0.2) is 0 Å². The van der Waals surface area contributed by atoms with Gasteiger partial charge in [0, 0.05) is 0 Å². The average molecular weight is 249 g/mol. The van der Waals surface area contributed by atoms with Crippen molar-refractivity contribution in [1.29, 1.82) is 0 Å². The van der Waals surface area contributed by atoms with Crippen LogP contribution in [-0.4, -0.2) is 10.1 Å². The molecule has 0 aliphatic heterocycles. The van der Waals surface area contributed by atoms with E-state index in [1.807, 2.05) is 0 Å². The van der Waals surface area contributed by atoms with Crippen molar-refractivity contribution in [2.24, 2.45) is 5.73 Å². The fourth-order valence-electron chi connectivity index (χ4n) is 1.69. The van der Waals surface area contributed by atoms with Crippen molar-refractivity contribution in [3.63, 3.8) is 0 Å². The van der Waals surface area contributed by atoms with Crippen LogP contribution in [0.5, 0.6) is 0 Å². The van der Waals surface area contributed by atoms with Gasteiger partial charge in [0.1, 0.15) is 5.82 Å². The van der Waals surface area contributed by atoms with Crippen molar-refractivity contribution >= 4 is 0 Å². The lowest BCUT2D eigenvalue weighted by molar-refractivity contribution is 0.346. The Morgan fingerprint density at radius 3 is 2.89 bits per heavy atom. The van der Waals surface area contributed by atoms with Crippen LogP contribution in [0.1, 0.15) is 38.1 Å². The second-order valence-corrected chi connectivity index (χ2v) is 4.18. The molecular formula is C13H16FN3O. The van der Waals surface area contributed by atoms with Crippen LogP contribution in [-0.2, 0) is 0 Å². The van der Waals surface area contributed by atoms with Gasteiger partial charge in [-0.15, -0.1) is 0 Å². The van der Waals surface area contributed by atoms with Crippen LogP contribution in [0.25, 0.3) is 11.4 Å². The van der Waals surface area contributed by atoms with E-state index in [-0.39, 0.29) is 17.7 Å². The molecule has 0 fully saturated rings. The summed E-state index contributed by atoms with van der Waals surface area (Å²) < 4.78 is 18.6. The molecule has 0 bridgehead atoms. The molecule has 0 radical (unpaired) electrons. The zero-order valence-electron chi connectivity index (χ0n) is 10.3. The maximum Gasteiger partial charge on any atom is 0.243 e. The van der Waals surface area contributed by atoms with Crippen molar-refractivity contribution in [2.75, 3.05) is 0 Å². The number of unbranched alkanes of at least 4 members (excludes halogenated alkanes) is 1. The lowest BCUT2D eigenvalue weighted by Crippen LogP contribution is -2.10. The molecule has 5 heteroatoms. The summed E-state index contributed by atoms with van der Waals surface area (Å²) in [5.41, 5.74) is 6.25. The van der Waals surface area contributed by atoms with Crippen LogP contribution in [0.2, 0.25) is 0 Å². The van der Waals surface area contributed by atoms with Crippen LogP contribution in [0, 0.1) is 5.82 Å². The Balaban J connectivity index is 2.18. The Hall–Kier alpha value is -1.75. The molecule has 1 aromatic carbocycles. The van der Waals surface area contributed by atoms with Crippen LogP contribution in [0.3, 0.4) is 0 Å². The third-order valence-corrected chi connectivity index (χ3v) is 2.74. The van der Waals surface area contributed by atoms with Crippen LogP contribution < -0.4 is 5.73 Å². The first-order chi connectivity index (χ1) is 8.72. The lowest BCUT2D eigenvalue weighted by Gasteiger charge is -2.03. The first-order valence-corrected chi connectivity index (χ1v) is 6.06. The quantitative estimate of drug-likeness (QED) is 0.884. The molecule has 1 aromatic heterocycles. The summed E-state index contributed by atoms with van der Waals surface area (Å²) in [6.45, 7) is 2.09. The van der Waals surface area contributed by atoms with Gasteiger partial charge >= 0.3 is 0 Å². The fraction of sp³-hybridized carbons (Fsp3) is 0.385. The Bertz CT molecular complexity index is 512. The van der Waals surface area contributed by atoms with E-state index in [1.165, 1.54) is 6.07 Å². The minimum atomic E-state index is -0.369. The molecule has 0 saturated carbocycles. The second kappa shape index (κ2) is 5.73. The number of nitrogens with zero attached hydrogens (tertiary/aromatic N) is 2. The van der Waals surface area contributed by atoms with E-state index in [4.69, 9.17) is 10.3 Å². The van der Waals surface area contributed by atoms with E-state index < -0.39 is 0 Å². The lowest BCUT2D eigenvalue weighted by atomic mass is 10.1. The second-order valence-electron chi connectivity index (χ2n) is 4.18.